The van der Waals surface area contributed by atoms with Crippen LogP contribution in [0.1, 0.15) is 6.42 Å². The molecule has 0 radical (unpaired) electrons. The van der Waals surface area contributed by atoms with Crippen molar-refractivity contribution in [1.82, 2.24) is 5.32 Å². The molecule has 2 heterocycles. The molecule has 0 aromatic heterocycles. The Bertz CT molecular complexity index is 372. The van der Waals surface area contributed by atoms with Gasteiger partial charge in [-0.05, 0) is 24.8 Å². The van der Waals surface area contributed by atoms with Crippen molar-refractivity contribution in [3.05, 3.63) is 23.3 Å². The number of nitrogens with one attached hydrogen (secondary N) is 1. The normalized spacial score (nSPS) is 32.2. The fourth-order valence-corrected chi connectivity index (χ4v) is 3.82. The summed E-state index contributed by atoms with van der Waals surface area (Å²) in [6.45, 7) is 0. The molecule has 2 unspecified atom stereocenters. The molecule has 1 saturated heterocycles. The largest absolute Gasteiger partial charge is 0.383 e. The molecule has 2 aliphatic heterocycles. The summed E-state index contributed by atoms with van der Waals surface area (Å²) >= 11 is 1.34. The molecule has 2 rings (SSSR count). The van der Waals surface area contributed by atoms with E-state index in [9.17, 15) is 8.42 Å². The number of sulfonamides is 1. The lowest BCUT2D eigenvalue weighted by molar-refractivity contribution is 0.584. The number of hydrogen-bond acceptors (Lipinski definition) is 4. The van der Waals surface area contributed by atoms with Gasteiger partial charge in [0.05, 0.1) is 6.04 Å². The standard InChI is InChI=1S/C7H10N2O2S2/c8-13(10,11)7-4-5-6(12-7)2-1-3-9-5/h1-3,5,7,9H,4H2,(H2,8,10,11). The minimum atomic E-state index is -3.41. The third kappa shape index (κ3) is 1.74. The van der Waals surface area contributed by atoms with Gasteiger partial charge in [0.2, 0.25) is 10.0 Å². The number of fused-ring (bicyclic) bond motifs is 1. The maximum absolute atomic E-state index is 11.1. The van der Waals surface area contributed by atoms with E-state index in [1.54, 1.807) is 0 Å². The van der Waals surface area contributed by atoms with Crippen molar-refractivity contribution in [3.8, 4) is 0 Å². The van der Waals surface area contributed by atoms with Gasteiger partial charge in [0, 0.05) is 4.91 Å². The number of rotatable bonds is 1. The van der Waals surface area contributed by atoms with Crippen LogP contribution in [0.25, 0.3) is 0 Å². The molecule has 2 atom stereocenters. The second-order valence-electron chi connectivity index (χ2n) is 3.02. The van der Waals surface area contributed by atoms with Crippen molar-refractivity contribution < 1.29 is 8.42 Å². The molecule has 13 heavy (non-hydrogen) atoms. The van der Waals surface area contributed by atoms with Crippen LogP contribution in [-0.4, -0.2) is 19.0 Å². The molecule has 0 saturated carbocycles. The average molecular weight is 218 g/mol. The van der Waals surface area contributed by atoms with Crippen LogP contribution in [0, 0.1) is 0 Å². The van der Waals surface area contributed by atoms with Crippen molar-refractivity contribution in [2.24, 2.45) is 5.14 Å². The zero-order chi connectivity index (χ0) is 9.47. The van der Waals surface area contributed by atoms with Crippen molar-refractivity contribution in [1.29, 1.82) is 0 Å². The fourth-order valence-electron chi connectivity index (χ4n) is 1.41. The van der Waals surface area contributed by atoms with Crippen LogP contribution in [0.2, 0.25) is 0 Å². The molecule has 1 fully saturated rings. The van der Waals surface area contributed by atoms with Crippen LogP contribution >= 0.6 is 11.8 Å². The zero-order valence-electron chi connectivity index (χ0n) is 6.80. The highest BCUT2D eigenvalue weighted by atomic mass is 32.3. The third-order valence-electron chi connectivity index (χ3n) is 2.06. The third-order valence-corrected chi connectivity index (χ3v) is 5.23. The molecule has 0 spiro atoms. The first-order chi connectivity index (χ1) is 6.07. The molecule has 0 aliphatic carbocycles. The molecule has 0 aromatic rings. The van der Waals surface area contributed by atoms with Gasteiger partial charge in [-0.1, -0.05) is 0 Å². The Morgan fingerprint density at radius 1 is 1.62 bits per heavy atom. The molecular formula is C7H10N2O2S2. The van der Waals surface area contributed by atoms with E-state index in [2.05, 4.69) is 5.32 Å². The summed E-state index contributed by atoms with van der Waals surface area (Å²) in [6.07, 6.45) is 6.17. The van der Waals surface area contributed by atoms with Gasteiger partial charge in [-0.2, -0.15) is 0 Å². The second-order valence-corrected chi connectivity index (χ2v) is 6.34. The Hall–Kier alpha value is -0.460. The van der Waals surface area contributed by atoms with E-state index in [-0.39, 0.29) is 6.04 Å². The van der Waals surface area contributed by atoms with Crippen LogP contribution < -0.4 is 10.5 Å². The number of nitrogens with two attached hydrogens (primary N) is 1. The van der Waals surface area contributed by atoms with E-state index in [1.165, 1.54) is 11.8 Å². The van der Waals surface area contributed by atoms with Crippen LogP contribution in [0.5, 0.6) is 0 Å². The highest BCUT2D eigenvalue weighted by Gasteiger charge is 2.36. The van der Waals surface area contributed by atoms with Gasteiger partial charge in [-0.15, -0.1) is 11.8 Å². The fraction of sp³-hybridized carbons (Fsp3) is 0.429. The highest BCUT2D eigenvalue weighted by molar-refractivity contribution is 8.15. The first kappa shape index (κ1) is 9.11. The lowest BCUT2D eigenvalue weighted by atomic mass is 10.2. The van der Waals surface area contributed by atoms with Crippen LogP contribution in [0.15, 0.2) is 23.3 Å². The molecule has 4 nitrogen and oxygen atoms in total. The molecule has 6 heteroatoms. The molecule has 0 aromatic carbocycles. The molecule has 0 amide bonds. The van der Waals surface area contributed by atoms with E-state index >= 15 is 0 Å². The maximum atomic E-state index is 11.1. The van der Waals surface area contributed by atoms with Gasteiger partial charge < -0.3 is 5.32 Å². The van der Waals surface area contributed by atoms with Crippen molar-refractivity contribution in [2.45, 2.75) is 17.0 Å². The molecule has 2 aliphatic rings. The summed E-state index contributed by atoms with van der Waals surface area (Å²) in [6, 6.07) is 0.137. The molecule has 0 bridgehead atoms. The highest BCUT2D eigenvalue weighted by Crippen LogP contribution is 2.40. The smallest absolute Gasteiger partial charge is 0.221 e. The van der Waals surface area contributed by atoms with Crippen molar-refractivity contribution >= 4 is 21.8 Å². The summed E-state index contributed by atoms with van der Waals surface area (Å²) < 4.78 is 21.6. The lowest BCUT2D eigenvalue weighted by Gasteiger charge is -2.13. The van der Waals surface area contributed by atoms with E-state index in [4.69, 9.17) is 5.14 Å². The topological polar surface area (TPSA) is 72.2 Å². The van der Waals surface area contributed by atoms with E-state index in [1.807, 2.05) is 18.4 Å². The Morgan fingerprint density at radius 2 is 2.38 bits per heavy atom. The van der Waals surface area contributed by atoms with E-state index in [0.717, 1.165) is 4.91 Å². The second kappa shape index (κ2) is 3.04. The average Bonchev–Trinajstić information content (AvgIpc) is 2.45. The monoisotopic (exact) mass is 218 g/mol. The van der Waals surface area contributed by atoms with Gasteiger partial charge in [0.1, 0.15) is 4.58 Å². The number of hydrogen-bond donors (Lipinski definition) is 2. The lowest BCUT2D eigenvalue weighted by Crippen LogP contribution is -2.29. The van der Waals surface area contributed by atoms with E-state index in [0.29, 0.717) is 6.42 Å². The predicted molar refractivity (Wildman–Crippen MR) is 53.2 cm³/mol. The number of thioether (sulfide) groups is 1. The predicted octanol–water partition coefficient (Wildman–Crippen LogP) is 0.107. The maximum Gasteiger partial charge on any atom is 0.221 e. The Labute approximate surface area is 81.3 Å². The molecule has 3 N–H and O–H groups in total. The van der Waals surface area contributed by atoms with Gasteiger partial charge in [-0.25, -0.2) is 13.6 Å². The number of allylic oxidation sites excluding steroid dienone is 2. The minimum absolute atomic E-state index is 0.137. The quantitative estimate of drug-likeness (QED) is 0.655. The van der Waals surface area contributed by atoms with Gasteiger partial charge in [0.15, 0.2) is 0 Å². The summed E-state index contributed by atoms with van der Waals surface area (Å²) in [7, 11) is -3.41. The first-order valence-corrected chi connectivity index (χ1v) is 6.37. The van der Waals surface area contributed by atoms with Crippen LogP contribution in [0.3, 0.4) is 0 Å². The van der Waals surface area contributed by atoms with Gasteiger partial charge >= 0.3 is 0 Å². The van der Waals surface area contributed by atoms with Crippen LogP contribution in [0.4, 0.5) is 0 Å². The minimum Gasteiger partial charge on any atom is -0.383 e. The Morgan fingerprint density at radius 3 is 3.00 bits per heavy atom. The van der Waals surface area contributed by atoms with E-state index < -0.39 is 14.6 Å². The first-order valence-electron chi connectivity index (χ1n) is 3.88. The summed E-state index contributed by atoms with van der Waals surface area (Å²) in [5, 5.41) is 8.16. The summed E-state index contributed by atoms with van der Waals surface area (Å²) in [5.74, 6) is 0. The molecule has 72 valence electrons. The number of primary sulfonamides is 1. The Balaban J connectivity index is 2.20. The van der Waals surface area contributed by atoms with Crippen molar-refractivity contribution in [2.75, 3.05) is 0 Å². The summed E-state index contributed by atoms with van der Waals surface area (Å²) in [5.41, 5.74) is 0. The molecular weight excluding hydrogens is 208 g/mol. The number of dihydropyridines is 1. The van der Waals surface area contributed by atoms with Crippen molar-refractivity contribution in [3.63, 3.8) is 0 Å². The summed E-state index contributed by atoms with van der Waals surface area (Å²) in [4.78, 5) is 1.06. The van der Waals surface area contributed by atoms with Crippen LogP contribution in [-0.2, 0) is 10.0 Å². The SMILES string of the molecule is NS(=O)(=O)C1CC2NC=CC=C2S1. The van der Waals surface area contributed by atoms with Gasteiger partial charge in [0.25, 0.3) is 0 Å². The Kier molecular flexibility index (Phi) is 2.13. The zero-order valence-corrected chi connectivity index (χ0v) is 8.44. The van der Waals surface area contributed by atoms with Gasteiger partial charge in [-0.3, -0.25) is 0 Å².